The summed E-state index contributed by atoms with van der Waals surface area (Å²) >= 11 is 1.48. The number of aromatic nitrogens is 2. The second-order valence-electron chi connectivity index (χ2n) is 3.96. The SMILES string of the molecule is C=CCN(CC(=O)O)C(=O)Cc1cn2ccsc2n1. The van der Waals surface area contributed by atoms with Crippen LogP contribution in [0, 0.1) is 0 Å². The smallest absolute Gasteiger partial charge is 0.323 e. The van der Waals surface area contributed by atoms with Crippen molar-refractivity contribution in [3.8, 4) is 0 Å². The van der Waals surface area contributed by atoms with Gasteiger partial charge in [-0.15, -0.1) is 17.9 Å². The van der Waals surface area contributed by atoms with Crippen LogP contribution in [0.1, 0.15) is 5.69 Å². The molecule has 0 aliphatic carbocycles. The number of carbonyl (C=O) groups excluding carboxylic acids is 1. The molecule has 0 radical (unpaired) electrons. The average molecular weight is 279 g/mol. The molecule has 1 amide bonds. The van der Waals surface area contributed by atoms with Gasteiger partial charge in [-0.05, 0) is 0 Å². The molecule has 2 rings (SSSR count). The molecule has 0 atom stereocenters. The molecule has 1 N–H and O–H groups in total. The number of imidazole rings is 1. The highest BCUT2D eigenvalue weighted by Gasteiger charge is 2.17. The Labute approximate surface area is 113 Å². The Morgan fingerprint density at radius 3 is 3.00 bits per heavy atom. The molecule has 0 aliphatic heterocycles. The molecule has 19 heavy (non-hydrogen) atoms. The quantitative estimate of drug-likeness (QED) is 0.802. The Morgan fingerprint density at radius 2 is 2.37 bits per heavy atom. The summed E-state index contributed by atoms with van der Waals surface area (Å²) in [5, 5.41) is 10.7. The van der Waals surface area contributed by atoms with Gasteiger partial charge >= 0.3 is 5.97 Å². The summed E-state index contributed by atoms with van der Waals surface area (Å²) in [6.07, 6.45) is 5.23. The molecule has 0 saturated carbocycles. The predicted molar refractivity (Wildman–Crippen MR) is 71.2 cm³/mol. The molecule has 0 aliphatic rings. The van der Waals surface area contributed by atoms with Crippen LogP contribution < -0.4 is 0 Å². The van der Waals surface area contributed by atoms with Crippen molar-refractivity contribution < 1.29 is 14.7 Å². The minimum Gasteiger partial charge on any atom is -0.480 e. The van der Waals surface area contributed by atoms with E-state index >= 15 is 0 Å². The van der Waals surface area contributed by atoms with Crippen molar-refractivity contribution in [1.82, 2.24) is 14.3 Å². The highest BCUT2D eigenvalue weighted by molar-refractivity contribution is 7.15. The van der Waals surface area contributed by atoms with Gasteiger partial charge in [0.05, 0.1) is 12.1 Å². The fourth-order valence-electron chi connectivity index (χ4n) is 1.70. The van der Waals surface area contributed by atoms with Crippen molar-refractivity contribution in [1.29, 1.82) is 0 Å². The summed E-state index contributed by atoms with van der Waals surface area (Å²) in [6, 6.07) is 0. The zero-order valence-corrected chi connectivity index (χ0v) is 11.0. The fourth-order valence-corrected chi connectivity index (χ4v) is 2.42. The summed E-state index contributed by atoms with van der Waals surface area (Å²) in [5.41, 5.74) is 0.635. The molecular formula is C12H13N3O3S. The lowest BCUT2D eigenvalue weighted by atomic mass is 10.3. The maximum Gasteiger partial charge on any atom is 0.323 e. The van der Waals surface area contributed by atoms with E-state index in [1.165, 1.54) is 22.3 Å². The molecule has 0 aromatic carbocycles. The minimum absolute atomic E-state index is 0.0928. The number of thiazole rings is 1. The van der Waals surface area contributed by atoms with Crippen molar-refractivity contribution >= 4 is 28.2 Å². The molecule has 7 heteroatoms. The molecule has 0 unspecified atom stereocenters. The van der Waals surface area contributed by atoms with Gasteiger partial charge in [-0.2, -0.15) is 0 Å². The molecule has 0 saturated heterocycles. The Morgan fingerprint density at radius 1 is 1.58 bits per heavy atom. The number of nitrogens with zero attached hydrogens (tertiary/aromatic N) is 3. The lowest BCUT2D eigenvalue weighted by Crippen LogP contribution is -2.36. The molecule has 100 valence electrons. The van der Waals surface area contributed by atoms with Gasteiger partial charge in [0.2, 0.25) is 5.91 Å². The first-order valence-corrected chi connectivity index (χ1v) is 6.49. The van der Waals surface area contributed by atoms with E-state index in [4.69, 9.17) is 5.11 Å². The maximum atomic E-state index is 12.0. The van der Waals surface area contributed by atoms with Gasteiger partial charge in [0.15, 0.2) is 4.96 Å². The average Bonchev–Trinajstić information content (AvgIpc) is 2.88. The number of fused-ring (bicyclic) bond motifs is 1. The molecule has 6 nitrogen and oxygen atoms in total. The molecule has 2 aromatic rings. The number of aliphatic carboxylic acids is 1. The Kier molecular flexibility index (Phi) is 3.96. The minimum atomic E-state index is -1.04. The molecular weight excluding hydrogens is 266 g/mol. The third-order valence-electron chi connectivity index (χ3n) is 2.50. The van der Waals surface area contributed by atoms with Crippen LogP contribution in [0.3, 0.4) is 0 Å². The van der Waals surface area contributed by atoms with Crippen molar-refractivity contribution in [2.75, 3.05) is 13.1 Å². The summed E-state index contributed by atoms with van der Waals surface area (Å²) < 4.78 is 1.84. The first kappa shape index (κ1) is 13.3. The predicted octanol–water partition coefficient (Wildman–Crippen LogP) is 1.04. The molecule has 0 fully saturated rings. The molecule has 0 spiro atoms. The Hall–Kier alpha value is -2.15. The first-order valence-electron chi connectivity index (χ1n) is 5.61. The van der Waals surface area contributed by atoms with E-state index < -0.39 is 5.97 Å². The second kappa shape index (κ2) is 5.66. The molecule has 2 heterocycles. The standard InChI is InChI=1S/C12H13N3O3S/c1-2-3-14(8-11(17)18)10(16)6-9-7-15-4-5-19-12(15)13-9/h2,4-5,7H,1,3,6,8H2,(H,17,18). The van der Waals surface area contributed by atoms with Crippen molar-refractivity contribution in [2.45, 2.75) is 6.42 Å². The van der Waals surface area contributed by atoms with Crippen molar-refractivity contribution in [3.05, 3.63) is 36.1 Å². The van der Waals surface area contributed by atoms with Crippen LogP contribution in [-0.2, 0) is 16.0 Å². The van der Waals surface area contributed by atoms with E-state index in [0.29, 0.717) is 5.69 Å². The first-order chi connectivity index (χ1) is 9.10. The number of carbonyl (C=O) groups is 2. The van der Waals surface area contributed by atoms with E-state index in [1.807, 2.05) is 16.0 Å². The number of hydrogen-bond donors (Lipinski definition) is 1. The molecule has 0 bridgehead atoms. The topological polar surface area (TPSA) is 74.9 Å². The number of hydrogen-bond acceptors (Lipinski definition) is 4. The van der Waals surface area contributed by atoms with Gasteiger partial charge in [0.1, 0.15) is 6.54 Å². The van der Waals surface area contributed by atoms with Gasteiger partial charge in [0.25, 0.3) is 0 Å². The van der Waals surface area contributed by atoms with Gasteiger partial charge < -0.3 is 10.0 Å². The maximum absolute atomic E-state index is 12.0. The second-order valence-corrected chi connectivity index (χ2v) is 4.83. The summed E-state index contributed by atoms with van der Waals surface area (Å²) in [6.45, 7) is 3.41. The highest BCUT2D eigenvalue weighted by Crippen LogP contribution is 2.12. The normalized spacial score (nSPS) is 10.5. The third-order valence-corrected chi connectivity index (χ3v) is 3.27. The van der Waals surface area contributed by atoms with E-state index in [1.54, 1.807) is 6.20 Å². The Balaban J connectivity index is 2.07. The zero-order chi connectivity index (χ0) is 13.8. The lowest BCUT2D eigenvalue weighted by Gasteiger charge is -2.18. The van der Waals surface area contributed by atoms with Crippen LogP contribution in [0.25, 0.3) is 4.96 Å². The van der Waals surface area contributed by atoms with E-state index in [-0.39, 0.29) is 25.4 Å². The van der Waals surface area contributed by atoms with Crippen molar-refractivity contribution in [2.24, 2.45) is 0 Å². The van der Waals surface area contributed by atoms with Gasteiger partial charge in [-0.3, -0.25) is 14.0 Å². The largest absolute Gasteiger partial charge is 0.480 e. The van der Waals surface area contributed by atoms with Crippen molar-refractivity contribution in [3.63, 3.8) is 0 Å². The Bertz CT molecular complexity index is 588. The lowest BCUT2D eigenvalue weighted by molar-refractivity contribution is -0.143. The van der Waals surface area contributed by atoms with Gasteiger partial charge in [0, 0.05) is 24.3 Å². The van der Waals surface area contributed by atoms with Crippen LogP contribution in [0.15, 0.2) is 30.4 Å². The summed E-state index contributed by atoms with van der Waals surface area (Å²) in [5.74, 6) is -1.31. The third kappa shape index (κ3) is 3.19. The highest BCUT2D eigenvalue weighted by atomic mass is 32.1. The van der Waals surface area contributed by atoms with E-state index in [0.717, 1.165) is 4.96 Å². The van der Waals surface area contributed by atoms with Crippen LogP contribution in [0.5, 0.6) is 0 Å². The van der Waals surface area contributed by atoms with Crippen LogP contribution in [0.2, 0.25) is 0 Å². The number of carboxylic acid groups (broad SMARTS) is 1. The van der Waals surface area contributed by atoms with Crippen LogP contribution >= 0.6 is 11.3 Å². The number of carboxylic acids is 1. The van der Waals surface area contributed by atoms with Gasteiger partial charge in [-0.1, -0.05) is 6.08 Å². The van der Waals surface area contributed by atoms with Gasteiger partial charge in [-0.25, -0.2) is 4.98 Å². The molecule has 2 aromatic heterocycles. The number of amides is 1. The monoisotopic (exact) mass is 279 g/mol. The summed E-state index contributed by atoms with van der Waals surface area (Å²) in [4.78, 5) is 29.1. The zero-order valence-electron chi connectivity index (χ0n) is 10.2. The van der Waals surface area contributed by atoms with Crippen LogP contribution in [0.4, 0.5) is 0 Å². The fraction of sp³-hybridized carbons (Fsp3) is 0.250. The summed E-state index contributed by atoms with van der Waals surface area (Å²) in [7, 11) is 0. The number of rotatable bonds is 6. The van der Waals surface area contributed by atoms with Crippen LogP contribution in [-0.4, -0.2) is 44.4 Å². The van der Waals surface area contributed by atoms with E-state index in [9.17, 15) is 9.59 Å². The van der Waals surface area contributed by atoms with E-state index in [2.05, 4.69) is 11.6 Å².